The highest BCUT2D eigenvalue weighted by molar-refractivity contribution is 5.39. The fourth-order valence-electron chi connectivity index (χ4n) is 2.50. The highest BCUT2D eigenvalue weighted by atomic mass is 16.5. The van der Waals surface area contributed by atoms with Crippen molar-refractivity contribution >= 4 is 0 Å². The monoisotopic (exact) mass is 233 g/mol. The van der Waals surface area contributed by atoms with Gasteiger partial charge in [0.05, 0.1) is 6.61 Å². The van der Waals surface area contributed by atoms with Crippen molar-refractivity contribution in [1.29, 1.82) is 0 Å². The summed E-state index contributed by atoms with van der Waals surface area (Å²) in [4.78, 5) is 0. The van der Waals surface area contributed by atoms with E-state index in [2.05, 4.69) is 37.4 Å². The summed E-state index contributed by atoms with van der Waals surface area (Å²) in [6.45, 7) is 6.22. The Labute approximate surface area is 104 Å². The standard InChI is InChI=1S/C15H23NO/c1-12-6-5-7-13(2)15(12)17-11-9-14-8-3-4-10-16-14/h5-7,14,16H,3-4,8-11H2,1-2H3/t14-/m1/s1. The van der Waals surface area contributed by atoms with E-state index in [-0.39, 0.29) is 0 Å². The quantitative estimate of drug-likeness (QED) is 0.862. The molecule has 0 radical (unpaired) electrons. The van der Waals surface area contributed by atoms with Gasteiger partial charge >= 0.3 is 0 Å². The number of nitrogens with one attached hydrogen (secondary N) is 1. The third kappa shape index (κ3) is 3.47. The molecule has 0 unspecified atom stereocenters. The minimum absolute atomic E-state index is 0.660. The van der Waals surface area contributed by atoms with Crippen LogP contribution in [0.25, 0.3) is 0 Å². The molecule has 1 aliphatic rings. The first-order valence-electron chi connectivity index (χ1n) is 6.70. The zero-order valence-electron chi connectivity index (χ0n) is 11.0. The van der Waals surface area contributed by atoms with Crippen LogP contribution in [-0.2, 0) is 0 Å². The predicted octanol–water partition coefficient (Wildman–Crippen LogP) is 3.21. The zero-order chi connectivity index (χ0) is 12.1. The number of piperidine rings is 1. The van der Waals surface area contributed by atoms with Crippen LogP contribution < -0.4 is 10.1 Å². The Balaban J connectivity index is 1.81. The van der Waals surface area contributed by atoms with Gasteiger partial charge in [0, 0.05) is 6.04 Å². The molecule has 94 valence electrons. The summed E-state index contributed by atoms with van der Waals surface area (Å²) in [5.74, 6) is 1.07. The lowest BCUT2D eigenvalue weighted by Gasteiger charge is -2.23. The van der Waals surface area contributed by atoms with Crippen molar-refractivity contribution in [2.24, 2.45) is 0 Å². The summed E-state index contributed by atoms with van der Waals surface area (Å²) in [5.41, 5.74) is 2.48. The van der Waals surface area contributed by atoms with Gasteiger partial charge in [-0.1, -0.05) is 24.6 Å². The fraction of sp³-hybridized carbons (Fsp3) is 0.600. The molecule has 1 aromatic rings. The lowest BCUT2D eigenvalue weighted by molar-refractivity contribution is 0.265. The number of hydrogen-bond acceptors (Lipinski definition) is 2. The van der Waals surface area contributed by atoms with Crippen molar-refractivity contribution in [3.63, 3.8) is 0 Å². The maximum absolute atomic E-state index is 5.93. The molecular formula is C15H23NO. The maximum atomic E-state index is 5.93. The SMILES string of the molecule is Cc1cccc(C)c1OCC[C@H]1CCCCN1. The largest absolute Gasteiger partial charge is 0.493 e. The normalized spacial score (nSPS) is 20.2. The molecule has 0 bridgehead atoms. The average Bonchev–Trinajstić information content (AvgIpc) is 2.34. The van der Waals surface area contributed by atoms with Gasteiger partial charge in [-0.05, 0) is 50.8 Å². The van der Waals surface area contributed by atoms with Crippen LogP contribution in [0.2, 0.25) is 0 Å². The third-order valence-electron chi connectivity index (χ3n) is 3.53. The molecule has 0 spiro atoms. The average molecular weight is 233 g/mol. The van der Waals surface area contributed by atoms with E-state index in [9.17, 15) is 0 Å². The smallest absolute Gasteiger partial charge is 0.125 e. The van der Waals surface area contributed by atoms with Gasteiger partial charge in [0.1, 0.15) is 5.75 Å². The Morgan fingerprint density at radius 1 is 1.24 bits per heavy atom. The molecule has 2 rings (SSSR count). The van der Waals surface area contributed by atoms with E-state index in [1.54, 1.807) is 0 Å². The van der Waals surface area contributed by atoms with Crippen LogP contribution in [0.15, 0.2) is 18.2 Å². The van der Waals surface area contributed by atoms with E-state index < -0.39 is 0 Å². The Hall–Kier alpha value is -1.02. The molecule has 2 nitrogen and oxygen atoms in total. The van der Waals surface area contributed by atoms with Crippen molar-refractivity contribution in [3.05, 3.63) is 29.3 Å². The van der Waals surface area contributed by atoms with Crippen LogP contribution in [-0.4, -0.2) is 19.2 Å². The zero-order valence-corrected chi connectivity index (χ0v) is 11.0. The van der Waals surface area contributed by atoms with E-state index in [0.29, 0.717) is 6.04 Å². The second-order valence-corrected chi connectivity index (χ2v) is 5.00. The van der Waals surface area contributed by atoms with Crippen LogP contribution in [0.4, 0.5) is 0 Å². The number of aryl methyl sites for hydroxylation is 2. The van der Waals surface area contributed by atoms with Crippen molar-refractivity contribution < 1.29 is 4.74 Å². The summed E-state index contributed by atoms with van der Waals surface area (Å²) < 4.78 is 5.93. The van der Waals surface area contributed by atoms with Crippen molar-refractivity contribution in [1.82, 2.24) is 5.32 Å². The van der Waals surface area contributed by atoms with E-state index in [1.807, 2.05) is 0 Å². The summed E-state index contributed by atoms with van der Waals surface area (Å²) >= 11 is 0. The van der Waals surface area contributed by atoms with Crippen molar-refractivity contribution in [2.75, 3.05) is 13.2 Å². The highest BCUT2D eigenvalue weighted by Crippen LogP contribution is 2.22. The van der Waals surface area contributed by atoms with Gasteiger partial charge in [0.25, 0.3) is 0 Å². The molecule has 1 atom stereocenters. The molecule has 1 fully saturated rings. The molecule has 0 amide bonds. The molecule has 0 aromatic heterocycles. The predicted molar refractivity (Wildman–Crippen MR) is 71.7 cm³/mol. The van der Waals surface area contributed by atoms with Crippen molar-refractivity contribution in [2.45, 2.75) is 45.6 Å². The fourth-order valence-corrected chi connectivity index (χ4v) is 2.50. The first-order valence-corrected chi connectivity index (χ1v) is 6.70. The Bertz CT molecular complexity index is 336. The van der Waals surface area contributed by atoms with E-state index in [0.717, 1.165) is 18.8 Å². The third-order valence-corrected chi connectivity index (χ3v) is 3.53. The molecule has 17 heavy (non-hydrogen) atoms. The second-order valence-electron chi connectivity index (χ2n) is 5.00. The first-order chi connectivity index (χ1) is 8.27. The molecule has 1 aliphatic heterocycles. The number of para-hydroxylation sites is 1. The van der Waals surface area contributed by atoms with Crippen LogP contribution in [0.3, 0.4) is 0 Å². The van der Waals surface area contributed by atoms with Crippen LogP contribution in [0.1, 0.15) is 36.8 Å². The summed E-state index contributed by atoms with van der Waals surface area (Å²) in [7, 11) is 0. The molecule has 2 heteroatoms. The molecule has 0 saturated carbocycles. The number of hydrogen-bond donors (Lipinski definition) is 1. The summed E-state index contributed by atoms with van der Waals surface area (Å²) in [5, 5.41) is 3.55. The van der Waals surface area contributed by atoms with E-state index >= 15 is 0 Å². The second kappa shape index (κ2) is 6.06. The lowest BCUT2D eigenvalue weighted by atomic mass is 10.0. The van der Waals surface area contributed by atoms with Gasteiger partial charge < -0.3 is 10.1 Å². The van der Waals surface area contributed by atoms with Crippen LogP contribution in [0.5, 0.6) is 5.75 Å². The topological polar surface area (TPSA) is 21.3 Å². The maximum Gasteiger partial charge on any atom is 0.125 e. The molecule has 1 aromatic carbocycles. The van der Waals surface area contributed by atoms with Gasteiger partial charge in [-0.3, -0.25) is 0 Å². The van der Waals surface area contributed by atoms with Gasteiger partial charge in [-0.2, -0.15) is 0 Å². The van der Waals surface area contributed by atoms with Crippen molar-refractivity contribution in [3.8, 4) is 5.75 Å². The molecule has 1 heterocycles. The van der Waals surface area contributed by atoms with E-state index in [4.69, 9.17) is 4.74 Å². The van der Waals surface area contributed by atoms with E-state index in [1.165, 1.54) is 36.9 Å². The highest BCUT2D eigenvalue weighted by Gasteiger charge is 2.12. The first kappa shape index (κ1) is 12.4. The molecular weight excluding hydrogens is 210 g/mol. The number of ether oxygens (including phenoxy) is 1. The van der Waals surface area contributed by atoms with Crippen LogP contribution in [0, 0.1) is 13.8 Å². The Morgan fingerprint density at radius 2 is 2.00 bits per heavy atom. The Kier molecular flexibility index (Phi) is 4.43. The van der Waals surface area contributed by atoms with Gasteiger partial charge in [-0.15, -0.1) is 0 Å². The summed E-state index contributed by atoms with van der Waals surface area (Å²) in [6, 6.07) is 6.97. The molecule has 1 N–H and O–H groups in total. The number of rotatable bonds is 4. The van der Waals surface area contributed by atoms with Crippen LogP contribution >= 0.6 is 0 Å². The molecule has 0 aliphatic carbocycles. The summed E-state index contributed by atoms with van der Waals surface area (Å²) in [6.07, 6.45) is 5.11. The minimum atomic E-state index is 0.660. The van der Waals surface area contributed by atoms with Gasteiger partial charge in [0.15, 0.2) is 0 Å². The number of benzene rings is 1. The van der Waals surface area contributed by atoms with Gasteiger partial charge in [0.2, 0.25) is 0 Å². The Morgan fingerprint density at radius 3 is 2.65 bits per heavy atom. The minimum Gasteiger partial charge on any atom is -0.493 e. The van der Waals surface area contributed by atoms with Gasteiger partial charge in [-0.25, -0.2) is 0 Å². The lowest BCUT2D eigenvalue weighted by Crippen LogP contribution is -2.35. The molecule has 1 saturated heterocycles.